The highest BCUT2D eigenvalue weighted by Crippen LogP contribution is 2.36. The van der Waals surface area contributed by atoms with Crippen LogP contribution in [-0.2, 0) is 32.6 Å². The number of methoxy groups -OCH3 is 2. The van der Waals surface area contributed by atoms with E-state index in [4.69, 9.17) is 32.7 Å². The molecule has 0 aromatic heterocycles. The van der Waals surface area contributed by atoms with Crippen LogP contribution in [0.5, 0.6) is 11.5 Å². The molecular formula is C36H39Cl2N3O6S. The van der Waals surface area contributed by atoms with Crippen LogP contribution >= 0.6 is 23.2 Å². The molecule has 1 N–H and O–H groups in total. The molecule has 0 heterocycles. The van der Waals surface area contributed by atoms with Crippen LogP contribution in [-0.4, -0.2) is 58.5 Å². The zero-order valence-corrected chi connectivity index (χ0v) is 29.6. The molecule has 1 atom stereocenters. The maximum absolute atomic E-state index is 14.7. The number of anilines is 1. The van der Waals surface area contributed by atoms with Gasteiger partial charge in [-0.2, -0.15) is 0 Å². The standard InChI is InChI=1S/C36H39Cl2N3O6S/c1-5-19-39-36(43)33(21-26-9-7-6-8-10-26)40(23-27-13-17-30(37)31(38)20-27)35(42)24-41(32-22-28(46-3)14-18-34(32)47-4)48(44,45)29-15-11-25(2)12-16-29/h6-18,20,22,33H,5,19,21,23-24H2,1-4H3,(H,39,43)/t33-/m0/s1. The first-order valence-corrected chi connectivity index (χ1v) is 17.5. The number of hydrogen-bond acceptors (Lipinski definition) is 6. The van der Waals surface area contributed by atoms with Crippen LogP contribution in [0.2, 0.25) is 10.0 Å². The number of rotatable bonds is 15. The van der Waals surface area contributed by atoms with Gasteiger partial charge in [0.1, 0.15) is 24.1 Å². The summed E-state index contributed by atoms with van der Waals surface area (Å²) >= 11 is 12.5. The van der Waals surface area contributed by atoms with Gasteiger partial charge >= 0.3 is 0 Å². The number of sulfonamides is 1. The van der Waals surface area contributed by atoms with Crippen molar-refractivity contribution in [2.75, 3.05) is 31.6 Å². The number of ether oxygens (including phenoxy) is 2. The second kappa shape index (κ2) is 16.7. The second-order valence-corrected chi connectivity index (χ2v) is 13.8. The summed E-state index contributed by atoms with van der Waals surface area (Å²) in [4.78, 5) is 29.9. The Kier molecular flexibility index (Phi) is 12.7. The Labute approximate surface area is 292 Å². The molecule has 0 aliphatic heterocycles. The van der Waals surface area contributed by atoms with Crippen molar-refractivity contribution in [1.29, 1.82) is 0 Å². The van der Waals surface area contributed by atoms with Crippen molar-refractivity contribution < 1.29 is 27.5 Å². The highest BCUT2D eigenvalue weighted by Gasteiger charge is 2.35. The van der Waals surface area contributed by atoms with Crippen molar-refractivity contribution in [3.05, 3.63) is 118 Å². The average Bonchev–Trinajstić information content (AvgIpc) is 3.09. The Morgan fingerprint density at radius 1 is 0.854 bits per heavy atom. The lowest BCUT2D eigenvalue weighted by molar-refractivity contribution is -0.140. The Hall–Kier alpha value is -4.25. The zero-order chi connectivity index (χ0) is 34.8. The maximum Gasteiger partial charge on any atom is 0.264 e. The van der Waals surface area contributed by atoms with Crippen LogP contribution < -0.4 is 19.1 Å². The molecule has 0 aliphatic carbocycles. The van der Waals surface area contributed by atoms with Crippen LogP contribution in [0.1, 0.15) is 30.0 Å². The van der Waals surface area contributed by atoms with Crippen molar-refractivity contribution in [2.24, 2.45) is 0 Å². The molecule has 48 heavy (non-hydrogen) atoms. The van der Waals surface area contributed by atoms with Gasteiger partial charge in [0.2, 0.25) is 11.8 Å². The molecule has 4 aromatic rings. The minimum atomic E-state index is -4.35. The Morgan fingerprint density at radius 3 is 2.19 bits per heavy atom. The third-order valence-electron chi connectivity index (χ3n) is 7.70. The smallest absolute Gasteiger partial charge is 0.264 e. The molecule has 9 nitrogen and oxygen atoms in total. The SMILES string of the molecule is CCCNC(=O)[C@H](Cc1ccccc1)N(Cc1ccc(Cl)c(Cl)c1)C(=O)CN(c1cc(OC)ccc1OC)S(=O)(=O)c1ccc(C)cc1. The summed E-state index contributed by atoms with van der Waals surface area (Å²) in [5, 5.41) is 3.54. The molecule has 0 bridgehead atoms. The van der Waals surface area contributed by atoms with Crippen LogP contribution in [0.3, 0.4) is 0 Å². The van der Waals surface area contributed by atoms with E-state index in [1.807, 2.05) is 44.2 Å². The molecule has 0 aliphatic rings. The lowest BCUT2D eigenvalue weighted by atomic mass is 10.0. The minimum absolute atomic E-state index is 0.0247. The number of hydrogen-bond donors (Lipinski definition) is 1. The number of nitrogens with one attached hydrogen (secondary N) is 1. The van der Waals surface area contributed by atoms with E-state index < -0.39 is 28.5 Å². The molecule has 0 spiro atoms. The third-order valence-corrected chi connectivity index (χ3v) is 10.2. The Morgan fingerprint density at radius 2 is 1.56 bits per heavy atom. The highest BCUT2D eigenvalue weighted by atomic mass is 35.5. The summed E-state index contributed by atoms with van der Waals surface area (Å²) in [5.74, 6) is -0.442. The molecule has 0 unspecified atom stereocenters. The molecule has 0 fully saturated rings. The summed E-state index contributed by atoms with van der Waals surface area (Å²) < 4.78 is 40.8. The predicted octanol–water partition coefficient (Wildman–Crippen LogP) is 6.68. The van der Waals surface area contributed by atoms with Crippen LogP contribution in [0, 0.1) is 6.92 Å². The quantitative estimate of drug-likeness (QED) is 0.148. The molecule has 0 saturated carbocycles. The first-order valence-electron chi connectivity index (χ1n) is 15.3. The fourth-order valence-corrected chi connectivity index (χ4v) is 6.83. The van der Waals surface area contributed by atoms with Crippen LogP contribution in [0.15, 0.2) is 95.9 Å². The van der Waals surface area contributed by atoms with E-state index in [1.54, 1.807) is 42.5 Å². The zero-order valence-electron chi connectivity index (χ0n) is 27.3. The molecular weight excluding hydrogens is 673 g/mol. The summed E-state index contributed by atoms with van der Waals surface area (Å²) in [5.41, 5.74) is 2.38. The molecule has 4 aromatic carbocycles. The van der Waals surface area contributed by atoms with Crippen molar-refractivity contribution in [2.45, 2.75) is 44.2 Å². The number of carbonyl (C=O) groups is 2. The molecule has 254 valence electrons. The maximum atomic E-state index is 14.7. The molecule has 12 heteroatoms. The summed E-state index contributed by atoms with van der Waals surface area (Å²) in [7, 11) is -1.48. The summed E-state index contributed by atoms with van der Waals surface area (Å²) in [6, 6.07) is 24.3. The largest absolute Gasteiger partial charge is 0.497 e. The van der Waals surface area contributed by atoms with Gasteiger partial charge in [-0.15, -0.1) is 0 Å². The fourth-order valence-electron chi connectivity index (χ4n) is 5.10. The normalized spacial score (nSPS) is 11.8. The van der Waals surface area contributed by atoms with Crippen molar-refractivity contribution in [3.63, 3.8) is 0 Å². The van der Waals surface area contributed by atoms with E-state index in [0.29, 0.717) is 29.3 Å². The molecule has 2 amide bonds. The number of amides is 2. The highest BCUT2D eigenvalue weighted by molar-refractivity contribution is 7.92. The van der Waals surface area contributed by atoms with Crippen molar-refractivity contribution >= 4 is 50.7 Å². The van der Waals surface area contributed by atoms with Crippen LogP contribution in [0.25, 0.3) is 0 Å². The predicted molar refractivity (Wildman–Crippen MR) is 190 cm³/mol. The number of carbonyl (C=O) groups excluding carboxylic acids is 2. The van der Waals surface area contributed by atoms with Gasteiger partial charge in [-0.1, -0.05) is 84.2 Å². The number of nitrogens with zero attached hydrogens (tertiary/aromatic N) is 2. The van der Waals surface area contributed by atoms with E-state index in [9.17, 15) is 18.0 Å². The van der Waals surface area contributed by atoms with Gasteiger partial charge in [0.15, 0.2) is 0 Å². The number of halogens is 2. The molecule has 4 rings (SSSR count). The van der Waals surface area contributed by atoms with Crippen molar-refractivity contribution in [3.8, 4) is 11.5 Å². The van der Waals surface area contributed by atoms with E-state index >= 15 is 0 Å². The first kappa shape index (κ1) is 36.6. The lowest BCUT2D eigenvalue weighted by Gasteiger charge is -2.34. The molecule has 0 radical (unpaired) electrons. The van der Waals surface area contributed by atoms with Gasteiger partial charge in [0.25, 0.3) is 10.0 Å². The number of aryl methyl sites for hydroxylation is 1. The monoisotopic (exact) mass is 711 g/mol. The van der Waals surface area contributed by atoms with E-state index in [0.717, 1.165) is 15.4 Å². The van der Waals surface area contributed by atoms with Gasteiger partial charge in [-0.3, -0.25) is 13.9 Å². The van der Waals surface area contributed by atoms with E-state index in [2.05, 4.69) is 5.32 Å². The topological polar surface area (TPSA) is 105 Å². The second-order valence-electron chi connectivity index (χ2n) is 11.1. The summed E-state index contributed by atoms with van der Waals surface area (Å²) in [6.45, 7) is 3.46. The Balaban J connectivity index is 1.87. The fraction of sp³-hybridized carbons (Fsp3) is 0.278. The minimum Gasteiger partial charge on any atom is -0.497 e. The van der Waals surface area contributed by atoms with Gasteiger partial charge in [0.05, 0.1) is 34.8 Å². The van der Waals surface area contributed by atoms with Crippen LogP contribution in [0.4, 0.5) is 5.69 Å². The van der Waals surface area contributed by atoms with Gasteiger partial charge < -0.3 is 19.7 Å². The lowest BCUT2D eigenvalue weighted by Crippen LogP contribution is -2.53. The van der Waals surface area contributed by atoms with Gasteiger partial charge in [-0.25, -0.2) is 8.42 Å². The van der Waals surface area contributed by atoms with E-state index in [-0.39, 0.29) is 40.2 Å². The van der Waals surface area contributed by atoms with Gasteiger partial charge in [0, 0.05) is 25.6 Å². The Bertz CT molecular complexity index is 1820. The molecule has 0 saturated heterocycles. The van der Waals surface area contributed by atoms with Gasteiger partial charge in [-0.05, 0) is 60.9 Å². The number of benzene rings is 4. The summed E-state index contributed by atoms with van der Waals surface area (Å²) in [6.07, 6.45) is 0.861. The third kappa shape index (κ3) is 9.00. The van der Waals surface area contributed by atoms with Crippen molar-refractivity contribution in [1.82, 2.24) is 10.2 Å². The average molecular weight is 713 g/mol. The van der Waals surface area contributed by atoms with E-state index in [1.165, 1.54) is 37.3 Å². The first-order chi connectivity index (χ1) is 23.0.